The summed E-state index contributed by atoms with van der Waals surface area (Å²) in [6.45, 7) is 8.24. The van der Waals surface area contributed by atoms with Crippen molar-refractivity contribution in [3.8, 4) is 0 Å². The molecule has 10 unspecified atom stereocenters. The van der Waals surface area contributed by atoms with Gasteiger partial charge in [-0.2, -0.15) is 0 Å². The first-order valence-corrected chi connectivity index (χ1v) is 13.5. The molecule has 206 valence electrons. The summed E-state index contributed by atoms with van der Waals surface area (Å²) in [6.07, 6.45) is 8.09. The van der Waals surface area contributed by atoms with Crippen LogP contribution in [0.4, 0.5) is 0 Å². The van der Waals surface area contributed by atoms with Crippen molar-refractivity contribution in [3.63, 3.8) is 0 Å². The van der Waals surface area contributed by atoms with Crippen molar-refractivity contribution in [2.75, 3.05) is 13.2 Å². The molecule has 9 heteroatoms. The predicted octanol–water partition coefficient (Wildman–Crippen LogP) is 2.68. The minimum atomic E-state index is -1.14. The fourth-order valence-corrected chi connectivity index (χ4v) is 7.29. The number of rotatable bonds is 0. The van der Waals surface area contributed by atoms with E-state index < -0.39 is 53.0 Å². The summed E-state index contributed by atoms with van der Waals surface area (Å²) < 4.78 is 36.4. The number of ether oxygens (including phenoxy) is 6. The molecular weight excluding hydrogens is 492 g/mol. The molecule has 0 aromatic heterocycles. The Hall–Kier alpha value is -2.30. The number of carbonyl (C=O) groups excluding carboxylic acids is 2. The quantitative estimate of drug-likeness (QED) is 0.288. The third-order valence-corrected chi connectivity index (χ3v) is 9.76. The maximum atomic E-state index is 13.1. The molecule has 2 aliphatic carbocycles. The van der Waals surface area contributed by atoms with Crippen LogP contribution in [0, 0.1) is 10.8 Å². The largest absolute Gasteiger partial charge is 0.462 e. The standard InChI is InChI=1S/C29H36O9/c1-16-9-10-28-14-33-24(31)12-17(2)25(32)26-35-18(3)19(36-26)7-5-6-8-23(30)38-20-13-22(37-21(28)11-16)29(15-34-29)27(20,28)4/h5-8,11-12,18-22,25-26,32H,9-10,13-15H2,1-4H3. The van der Waals surface area contributed by atoms with E-state index in [0.717, 1.165) is 6.42 Å². The summed E-state index contributed by atoms with van der Waals surface area (Å²) in [7, 11) is 0. The maximum absolute atomic E-state index is 13.1. The van der Waals surface area contributed by atoms with Gasteiger partial charge in [-0.05, 0) is 39.2 Å². The average molecular weight is 529 g/mol. The zero-order valence-electron chi connectivity index (χ0n) is 22.3. The first-order valence-electron chi connectivity index (χ1n) is 13.5. The van der Waals surface area contributed by atoms with Gasteiger partial charge in [0.2, 0.25) is 0 Å². The van der Waals surface area contributed by atoms with Gasteiger partial charge in [-0.25, -0.2) is 9.59 Å². The van der Waals surface area contributed by atoms with Crippen LogP contribution in [-0.4, -0.2) is 78.8 Å². The molecule has 4 bridgehead atoms. The lowest BCUT2D eigenvalue weighted by atomic mass is 9.51. The van der Waals surface area contributed by atoms with Crippen molar-refractivity contribution in [3.05, 3.63) is 47.6 Å². The van der Waals surface area contributed by atoms with E-state index in [1.165, 1.54) is 17.7 Å². The minimum Gasteiger partial charge on any atom is -0.462 e. The van der Waals surface area contributed by atoms with Crippen LogP contribution in [0.2, 0.25) is 0 Å². The normalized spacial score (nSPS) is 48.4. The van der Waals surface area contributed by atoms with E-state index in [9.17, 15) is 14.7 Å². The van der Waals surface area contributed by atoms with Gasteiger partial charge in [0.15, 0.2) is 6.29 Å². The lowest BCUT2D eigenvalue weighted by Gasteiger charge is -2.58. The number of epoxide rings is 1. The fraction of sp³-hybridized carbons (Fsp3) is 0.655. The molecule has 1 N–H and O–H groups in total. The third-order valence-electron chi connectivity index (χ3n) is 9.76. The molecule has 6 rings (SSSR count). The van der Waals surface area contributed by atoms with Gasteiger partial charge in [0.1, 0.15) is 30.5 Å². The van der Waals surface area contributed by atoms with Gasteiger partial charge in [-0.15, -0.1) is 0 Å². The molecule has 4 heterocycles. The van der Waals surface area contributed by atoms with Crippen LogP contribution in [0.3, 0.4) is 0 Å². The number of hydrogen-bond donors (Lipinski definition) is 1. The molecule has 3 saturated heterocycles. The van der Waals surface area contributed by atoms with Gasteiger partial charge >= 0.3 is 11.9 Å². The van der Waals surface area contributed by atoms with Gasteiger partial charge < -0.3 is 33.5 Å². The number of hydrogen-bond acceptors (Lipinski definition) is 9. The Morgan fingerprint density at radius 2 is 1.82 bits per heavy atom. The predicted molar refractivity (Wildman–Crippen MR) is 134 cm³/mol. The van der Waals surface area contributed by atoms with Crippen molar-refractivity contribution < 1.29 is 43.1 Å². The summed E-state index contributed by atoms with van der Waals surface area (Å²) in [5, 5.41) is 10.8. The smallest absolute Gasteiger partial charge is 0.331 e. The molecule has 2 spiro atoms. The van der Waals surface area contributed by atoms with E-state index in [0.29, 0.717) is 25.0 Å². The topological polar surface area (TPSA) is 113 Å². The molecular formula is C29H36O9. The number of aliphatic hydroxyl groups is 1. The van der Waals surface area contributed by atoms with Crippen molar-refractivity contribution in [1.82, 2.24) is 0 Å². The highest BCUT2D eigenvalue weighted by Crippen LogP contribution is 2.72. The van der Waals surface area contributed by atoms with Gasteiger partial charge in [0.05, 0.1) is 30.3 Å². The van der Waals surface area contributed by atoms with Crippen molar-refractivity contribution in [1.29, 1.82) is 0 Å². The lowest BCUT2D eigenvalue weighted by molar-refractivity contribution is -0.232. The Bertz CT molecular complexity index is 1130. The Morgan fingerprint density at radius 1 is 1.03 bits per heavy atom. The second kappa shape index (κ2) is 9.13. The van der Waals surface area contributed by atoms with Crippen LogP contribution in [0.1, 0.15) is 47.0 Å². The highest BCUT2D eigenvalue weighted by Gasteiger charge is 2.83. The molecule has 10 atom stereocenters. The van der Waals surface area contributed by atoms with Crippen LogP contribution in [0.25, 0.3) is 0 Å². The Balaban J connectivity index is 1.39. The second-order valence-corrected chi connectivity index (χ2v) is 11.8. The maximum Gasteiger partial charge on any atom is 0.331 e. The molecule has 0 aromatic rings. The molecule has 0 amide bonds. The summed E-state index contributed by atoms with van der Waals surface area (Å²) >= 11 is 0. The van der Waals surface area contributed by atoms with Crippen LogP contribution in [0.15, 0.2) is 47.6 Å². The molecule has 4 aliphatic heterocycles. The van der Waals surface area contributed by atoms with Crippen LogP contribution in [0.5, 0.6) is 0 Å². The Kier molecular flexibility index (Phi) is 6.23. The van der Waals surface area contributed by atoms with Crippen LogP contribution < -0.4 is 0 Å². The summed E-state index contributed by atoms with van der Waals surface area (Å²) in [5.74, 6) is -1.03. The van der Waals surface area contributed by atoms with Gasteiger partial charge in [0, 0.05) is 24.0 Å². The first-order chi connectivity index (χ1) is 18.1. The van der Waals surface area contributed by atoms with E-state index >= 15 is 0 Å². The highest BCUT2D eigenvalue weighted by molar-refractivity contribution is 5.83. The van der Waals surface area contributed by atoms with Crippen molar-refractivity contribution >= 4 is 11.9 Å². The Morgan fingerprint density at radius 3 is 2.58 bits per heavy atom. The molecule has 0 aromatic carbocycles. The monoisotopic (exact) mass is 528 g/mol. The third kappa shape index (κ3) is 3.78. The fourth-order valence-electron chi connectivity index (χ4n) is 7.29. The van der Waals surface area contributed by atoms with Crippen LogP contribution in [-0.2, 0) is 38.0 Å². The van der Waals surface area contributed by atoms with Crippen LogP contribution >= 0.6 is 0 Å². The molecule has 6 aliphatic rings. The lowest BCUT2D eigenvalue weighted by Crippen LogP contribution is -2.66. The molecule has 0 radical (unpaired) electrons. The van der Waals surface area contributed by atoms with Gasteiger partial charge in [0.25, 0.3) is 0 Å². The average Bonchev–Trinajstić information content (AvgIpc) is 3.57. The van der Waals surface area contributed by atoms with E-state index in [1.807, 2.05) is 6.92 Å². The van der Waals surface area contributed by atoms with E-state index in [2.05, 4.69) is 19.9 Å². The number of esters is 2. The number of carbonyl (C=O) groups is 2. The second-order valence-electron chi connectivity index (χ2n) is 11.8. The summed E-state index contributed by atoms with van der Waals surface area (Å²) in [6, 6.07) is 0. The van der Waals surface area contributed by atoms with E-state index in [4.69, 9.17) is 28.4 Å². The molecule has 38 heavy (non-hydrogen) atoms. The van der Waals surface area contributed by atoms with E-state index in [1.54, 1.807) is 25.2 Å². The Labute approximate surface area is 222 Å². The zero-order chi connectivity index (χ0) is 26.9. The van der Waals surface area contributed by atoms with Gasteiger partial charge in [-0.1, -0.05) is 36.8 Å². The molecule has 9 nitrogen and oxygen atoms in total. The molecule has 4 fully saturated rings. The highest BCUT2D eigenvalue weighted by atomic mass is 16.7. The zero-order valence-corrected chi connectivity index (χ0v) is 22.3. The number of cyclic esters (lactones) is 1. The van der Waals surface area contributed by atoms with Gasteiger partial charge in [-0.3, -0.25) is 0 Å². The number of fused-ring (bicyclic) bond motifs is 2. The summed E-state index contributed by atoms with van der Waals surface area (Å²) in [5.41, 5.74) is -0.284. The molecule has 1 saturated carbocycles. The first kappa shape index (κ1) is 26.0. The van der Waals surface area contributed by atoms with Crippen molar-refractivity contribution in [2.45, 2.75) is 95.5 Å². The van der Waals surface area contributed by atoms with Crippen molar-refractivity contribution in [2.24, 2.45) is 10.8 Å². The number of aliphatic hydroxyl groups excluding tert-OH is 1. The number of allylic oxidation sites excluding steroid dienone is 3. The van der Waals surface area contributed by atoms with E-state index in [-0.39, 0.29) is 24.9 Å². The minimum absolute atomic E-state index is 0.0661. The SMILES string of the molecule is CC1=CC2OC3CC4OC(=O)C=CC=CC5OC(OC5C)C(O)C(C)=CC(=O)OCC2(CC1)C4(C)C31CO1. The summed E-state index contributed by atoms with van der Waals surface area (Å²) in [4.78, 5) is 26.0.